The van der Waals surface area contributed by atoms with E-state index in [1.807, 2.05) is 18.3 Å². The molecular formula is C57H87N3NiO2. The van der Waals surface area contributed by atoms with Gasteiger partial charge in [-0.3, -0.25) is 9.98 Å². The number of nitrogens with zero attached hydrogens (tertiary/aromatic N) is 2. The summed E-state index contributed by atoms with van der Waals surface area (Å²) in [6, 6.07) is 21.2. The largest absolute Gasteiger partial charge is 0.504 e. The monoisotopic (exact) mass is 904 g/mol. The van der Waals surface area contributed by atoms with Gasteiger partial charge in [-0.05, 0) is 159 Å². The SMILES string of the molecule is CCCCC(C=Nc1ccc(CCCC)c(CCCC)c1)=Nc1ccc(CCCC)c(CCCC)c1.CCCCCCCCNc1ccc2c(O)c(O)ccc2c1CCCCC.[Ni]. The first-order chi connectivity index (χ1) is 30.3. The first-order valence-corrected chi connectivity index (χ1v) is 25.4. The molecule has 352 valence electrons. The zero-order chi connectivity index (χ0) is 44.8. The van der Waals surface area contributed by atoms with Crippen LogP contribution in [-0.2, 0) is 48.6 Å². The van der Waals surface area contributed by atoms with Crippen molar-refractivity contribution < 1.29 is 26.7 Å². The van der Waals surface area contributed by atoms with E-state index in [-0.39, 0.29) is 28.0 Å². The number of aromatic hydroxyl groups is 2. The molecule has 4 aromatic carbocycles. The number of aliphatic imine (C=N–C) groups is 2. The first-order valence-electron chi connectivity index (χ1n) is 25.4. The molecule has 0 aliphatic rings. The van der Waals surface area contributed by atoms with E-state index in [1.54, 1.807) is 6.07 Å². The third-order valence-corrected chi connectivity index (χ3v) is 12.1. The number of rotatable bonds is 30. The summed E-state index contributed by atoms with van der Waals surface area (Å²) in [5.74, 6) is -0.0634. The summed E-state index contributed by atoms with van der Waals surface area (Å²) in [7, 11) is 0. The minimum absolute atomic E-state index is 0. The Morgan fingerprint density at radius 2 is 1.00 bits per heavy atom. The summed E-state index contributed by atoms with van der Waals surface area (Å²) in [6.45, 7) is 16.8. The smallest absolute Gasteiger partial charge is 0.165 e. The van der Waals surface area contributed by atoms with Gasteiger partial charge in [0.25, 0.3) is 0 Å². The number of phenolic OH excluding ortho intramolecular Hbond substituents is 2. The predicted molar refractivity (Wildman–Crippen MR) is 274 cm³/mol. The number of nitrogens with one attached hydrogen (secondary N) is 1. The van der Waals surface area contributed by atoms with Gasteiger partial charge >= 0.3 is 0 Å². The summed E-state index contributed by atoms with van der Waals surface area (Å²) in [4.78, 5) is 10.0. The van der Waals surface area contributed by atoms with Gasteiger partial charge in [0, 0.05) is 40.3 Å². The standard InChI is InChI=1S/C34H52N2.C23H35NO2.Ni/c1-6-11-16-28-21-23-32(25-30(28)18-13-8-3)35-27-34(20-15-10-5)36-33-24-22-29(17-12-7-2)31(26-33)19-14-9-4;1-3-5-7-8-9-11-17-24-21-15-13-20-18(14-16-22(25)23(20)26)19(21)12-10-6-4-2;/h21-27H,6-20H2,1-5H3;13-16,24-26H,3-12,17H2,1-2H3;. The Balaban J connectivity index is 0.000000448. The molecule has 0 heterocycles. The van der Waals surface area contributed by atoms with Crippen molar-refractivity contribution in [3.63, 3.8) is 0 Å². The second-order valence-electron chi connectivity index (χ2n) is 17.6. The van der Waals surface area contributed by atoms with E-state index >= 15 is 0 Å². The van der Waals surface area contributed by atoms with Gasteiger partial charge in [-0.25, -0.2) is 0 Å². The maximum Gasteiger partial charge on any atom is 0.165 e. The number of anilines is 1. The normalized spacial score (nSPS) is 11.5. The second kappa shape index (κ2) is 33.8. The molecule has 4 rings (SSSR count). The molecule has 0 fully saturated rings. The van der Waals surface area contributed by atoms with Gasteiger partial charge in [-0.2, -0.15) is 0 Å². The molecule has 0 radical (unpaired) electrons. The van der Waals surface area contributed by atoms with Crippen molar-refractivity contribution in [1.82, 2.24) is 0 Å². The molecule has 0 aliphatic carbocycles. The number of unbranched alkanes of at least 4 members (excludes halogenated alkanes) is 12. The van der Waals surface area contributed by atoms with Crippen LogP contribution in [0.25, 0.3) is 10.8 Å². The maximum absolute atomic E-state index is 10.2. The van der Waals surface area contributed by atoms with Crippen molar-refractivity contribution in [3.05, 3.63) is 88.5 Å². The van der Waals surface area contributed by atoms with Crippen LogP contribution >= 0.6 is 0 Å². The maximum atomic E-state index is 10.2. The molecule has 6 heteroatoms. The summed E-state index contributed by atoms with van der Waals surface area (Å²) in [5.41, 5.74) is 11.6. The molecular weight excluding hydrogens is 817 g/mol. The van der Waals surface area contributed by atoms with Gasteiger partial charge in [-0.1, -0.05) is 144 Å². The molecule has 0 unspecified atom stereocenters. The number of benzene rings is 4. The van der Waals surface area contributed by atoms with Crippen molar-refractivity contribution in [3.8, 4) is 11.5 Å². The van der Waals surface area contributed by atoms with Crippen LogP contribution in [-0.4, -0.2) is 28.7 Å². The third-order valence-electron chi connectivity index (χ3n) is 12.1. The van der Waals surface area contributed by atoms with Gasteiger partial charge < -0.3 is 15.5 Å². The number of phenols is 2. The first kappa shape index (κ1) is 55.5. The predicted octanol–water partition coefficient (Wildman–Crippen LogP) is 17.5. The topological polar surface area (TPSA) is 77.2 Å². The summed E-state index contributed by atoms with van der Waals surface area (Å²) >= 11 is 0. The Kier molecular flexibility index (Phi) is 29.8. The van der Waals surface area contributed by atoms with Crippen molar-refractivity contribution in [2.45, 2.75) is 209 Å². The summed E-state index contributed by atoms with van der Waals surface area (Å²) < 4.78 is 0. The van der Waals surface area contributed by atoms with E-state index < -0.39 is 0 Å². The van der Waals surface area contributed by atoms with Crippen LogP contribution in [0.3, 0.4) is 0 Å². The van der Waals surface area contributed by atoms with Crippen LogP contribution in [0, 0.1) is 0 Å². The molecule has 5 nitrogen and oxygen atoms in total. The molecule has 0 spiro atoms. The van der Waals surface area contributed by atoms with Crippen LogP contribution in [0.2, 0.25) is 0 Å². The quantitative estimate of drug-likeness (QED) is 0.0211. The molecule has 0 amide bonds. The molecule has 4 aromatic rings. The van der Waals surface area contributed by atoms with Gasteiger partial charge in [0.05, 0.1) is 17.1 Å². The van der Waals surface area contributed by atoms with Gasteiger partial charge in [0.15, 0.2) is 11.5 Å². The molecule has 3 N–H and O–H groups in total. The second-order valence-corrected chi connectivity index (χ2v) is 17.6. The minimum atomic E-state index is -0.0511. The Hall–Kier alpha value is -3.63. The van der Waals surface area contributed by atoms with Crippen LogP contribution < -0.4 is 5.32 Å². The molecule has 0 aliphatic heterocycles. The fourth-order valence-electron chi connectivity index (χ4n) is 8.17. The number of aryl methyl sites for hydroxylation is 5. The van der Waals surface area contributed by atoms with E-state index in [2.05, 4.69) is 96.2 Å². The van der Waals surface area contributed by atoms with E-state index in [4.69, 9.17) is 9.98 Å². The van der Waals surface area contributed by atoms with Crippen molar-refractivity contribution >= 4 is 39.8 Å². The van der Waals surface area contributed by atoms with Crippen molar-refractivity contribution in [2.24, 2.45) is 9.98 Å². The molecule has 63 heavy (non-hydrogen) atoms. The minimum Gasteiger partial charge on any atom is -0.504 e. The Bertz CT molecular complexity index is 1900. The zero-order valence-electron chi connectivity index (χ0n) is 40.8. The summed E-state index contributed by atoms with van der Waals surface area (Å²) in [6.07, 6.45) is 32.2. The van der Waals surface area contributed by atoms with Crippen LogP contribution in [0.5, 0.6) is 11.5 Å². The number of hydrogen-bond donors (Lipinski definition) is 3. The fraction of sp³-hybridized carbons (Fsp3) is 0.579. The Morgan fingerprint density at radius 3 is 1.60 bits per heavy atom. The van der Waals surface area contributed by atoms with Crippen molar-refractivity contribution in [1.29, 1.82) is 0 Å². The van der Waals surface area contributed by atoms with Crippen LogP contribution in [0.4, 0.5) is 17.1 Å². The average Bonchev–Trinajstić information content (AvgIpc) is 3.29. The fourth-order valence-corrected chi connectivity index (χ4v) is 8.17. The van der Waals surface area contributed by atoms with Crippen LogP contribution in [0.1, 0.15) is 205 Å². The van der Waals surface area contributed by atoms with E-state index in [0.717, 1.165) is 79.3 Å². The Morgan fingerprint density at radius 1 is 0.492 bits per heavy atom. The molecule has 0 aromatic heterocycles. The van der Waals surface area contributed by atoms with E-state index in [0.29, 0.717) is 0 Å². The molecule has 0 atom stereocenters. The van der Waals surface area contributed by atoms with Gasteiger partial charge in [0.2, 0.25) is 0 Å². The average molecular weight is 905 g/mol. The molecule has 0 saturated carbocycles. The van der Waals surface area contributed by atoms with Gasteiger partial charge in [-0.15, -0.1) is 0 Å². The number of hydrogen-bond acceptors (Lipinski definition) is 5. The molecule has 0 saturated heterocycles. The third kappa shape index (κ3) is 20.4. The zero-order valence-corrected chi connectivity index (χ0v) is 41.8. The van der Waals surface area contributed by atoms with E-state index in [1.165, 1.54) is 149 Å². The van der Waals surface area contributed by atoms with Gasteiger partial charge in [0.1, 0.15) is 0 Å². The van der Waals surface area contributed by atoms with Crippen molar-refractivity contribution in [2.75, 3.05) is 11.9 Å². The van der Waals surface area contributed by atoms with Crippen LogP contribution in [0.15, 0.2) is 70.6 Å². The number of fused-ring (bicyclic) bond motifs is 1. The molecule has 0 bridgehead atoms. The Labute approximate surface area is 395 Å². The van der Waals surface area contributed by atoms with E-state index in [9.17, 15) is 10.2 Å². The summed E-state index contributed by atoms with van der Waals surface area (Å²) in [5, 5.41) is 25.4.